The van der Waals surface area contributed by atoms with Gasteiger partial charge in [0.05, 0.1) is 48.8 Å². The molecular formula is C35H36N2O7S. The maximum atomic E-state index is 14.1. The zero-order chi connectivity index (χ0) is 31.9. The van der Waals surface area contributed by atoms with E-state index in [1.807, 2.05) is 68.4 Å². The second-order valence-corrected chi connectivity index (χ2v) is 11.1. The van der Waals surface area contributed by atoms with Crippen LogP contribution in [-0.4, -0.2) is 37.5 Å². The van der Waals surface area contributed by atoms with Gasteiger partial charge in [0.15, 0.2) is 27.8 Å². The van der Waals surface area contributed by atoms with Gasteiger partial charge >= 0.3 is 5.97 Å². The molecule has 5 rings (SSSR count). The van der Waals surface area contributed by atoms with Crippen LogP contribution in [0.5, 0.6) is 23.0 Å². The molecule has 0 aliphatic carbocycles. The molecular weight excluding hydrogens is 592 g/mol. The Bertz CT molecular complexity index is 1890. The average Bonchev–Trinajstić information content (AvgIpc) is 3.34. The van der Waals surface area contributed by atoms with Crippen LogP contribution in [0.2, 0.25) is 0 Å². The van der Waals surface area contributed by atoms with Gasteiger partial charge in [-0.3, -0.25) is 9.36 Å². The summed E-state index contributed by atoms with van der Waals surface area (Å²) in [5, 5.41) is 0. The van der Waals surface area contributed by atoms with Crippen LogP contribution in [0.3, 0.4) is 0 Å². The molecule has 4 aromatic rings. The van der Waals surface area contributed by atoms with Gasteiger partial charge in [0.1, 0.15) is 6.61 Å². The van der Waals surface area contributed by atoms with Crippen molar-refractivity contribution in [3.63, 3.8) is 0 Å². The highest BCUT2D eigenvalue weighted by atomic mass is 32.1. The van der Waals surface area contributed by atoms with Gasteiger partial charge in [0.25, 0.3) is 5.56 Å². The highest BCUT2D eigenvalue weighted by Crippen LogP contribution is 2.36. The normalized spacial score (nSPS) is 14.4. The second kappa shape index (κ2) is 14.3. The summed E-state index contributed by atoms with van der Waals surface area (Å²) in [6, 6.07) is 20.1. The number of hydrogen-bond donors (Lipinski definition) is 0. The van der Waals surface area contributed by atoms with Crippen molar-refractivity contribution in [1.29, 1.82) is 0 Å². The summed E-state index contributed by atoms with van der Waals surface area (Å²) in [5.41, 5.74) is 2.97. The van der Waals surface area contributed by atoms with E-state index in [-0.39, 0.29) is 12.2 Å². The lowest BCUT2D eigenvalue weighted by molar-refractivity contribution is -0.139. The Balaban J connectivity index is 1.59. The van der Waals surface area contributed by atoms with Gasteiger partial charge in [-0.25, -0.2) is 9.79 Å². The lowest BCUT2D eigenvalue weighted by Gasteiger charge is -2.25. The fraction of sp³-hybridized carbons (Fsp3) is 0.286. The number of rotatable bonds is 12. The maximum Gasteiger partial charge on any atom is 0.338 e. The lowest BCUT2D eigenvalue weighted by atomic mass is 9.95. The van der Waals surface area contributed by atoms with E-state index in [1.54, 1.807) is 43.7 Å². The molecule has 1 atom stereocenters. The van der Waals surface area contributed by atoms with Gasteiger partial charge in [-0.1, -0.05) is 53.8 Å². The third kappa shape index (κ3) is 6.81. The van der Waals surface area contributed by atoms with Crippen LogP contribution < -0.4 is 33.8 Å². The number of fused-ring (bicyclic) bond motifs is 1. The van der Waals surface area contributed by atoms with Crippen LogP contribution >= 0.6 is 11.3 Å². The third-order valence-electron chi connectivity index (χ3n) is 7.12. The first-order valence-corrected chi connectivity index (χ1v) is 15.6. The third-order valence-corrected chi connectivity index (χ3v) is 8.11. The SMILES string of the molecule is CCOC(=O)C1=C(C)N=c2s/c(=C\c3ccc(OCc4ccccc4)c(OCC)c3)c(=O)n2[C@@H]1c1ccc(OC)c(OCC)c1. The first kappa shape index (κ1) is 31.6. The number of esters is 1. The van der Waals surface area contributed by atoms with E-state index in [0.29, 0.717) is 69.0 Å². The molecule has 1 aromatic heterocycles. The van der Waals surface area contributed by atoms with Crippen LogP contribution in [0, 0.1) is 0 Å². The fourth-order valence-corrected chi connectivity index (χ4v) is 6.17. The summed E-state index contributed by atoms with van der Waals surface area (Å²) < 4.78 is 30.7. The molecule has 2 heterocycles. The number of ether oxygens (including phenoxy) is 5. The van der Waals surface area contributed by atoms with Gasteiger partial charge in [-0.05, 0) is 74.7 Å². The number of hydrogen-bond acceptors (Lipinski definition) is 9. The van der Waals surface area contributed by atoms with Crippen molar-refractivity contribution in [2.45, 2.75) is 40.3 Å². The van der Waals surface area contributed by atoms with Crippen molar-refractivity contribution in [3.8, 4) is 23.0 Å². The highest BCUT2D eigenvalue weighted by Gasteiger charge is 2.34. The van der Waals surface area contributed by atoms with E-state index in [1.165, 1.54) is 11.3 Å². The Labute approximate surface area is 265 Å². The molecule has 0 fully saturated rings. The van der Waals surface area contributed by atoms with E-state index in [9.17, 15) is 9.59 Å². The Morgan fingerprint density at radius 2 is 1.60 bits per heavy atom. The molecule has 0 unspecified atom stereocenters. The minimum atomic E-state index is -0.777. The van der Waals surface area contributed by atoms with Crippen molar-refractivity contribution in [1.82, 2.24) is 4.57 Å². The summed E-state index contributed by atoms with van der Waals surface area (Å²) in [7, 11) is 1.56. The summed E-state index contributed by atoms with van der Waals surface area (Å²) in [6.07, 6.45) is 1.80. The number of carbonyl (C=O) groups is 1. The molecule has 0 N–H and O–H groups in total. The van der Waals surface area contributed by atoms with Crippen LogP contribution in [-0.2, 0) is 16.1 Å². The minimum Gasteiger partial charge on any atom is -0.493 e. The average molecular weight is 629 g/mol. The number of nitrogens with zero attached hydrogens (tertiary/aromatic N) is 2. The molecule has 234 valence electrons. The topological polar surface area (TPSA) is 97.6 Å². The Kier molecular flexibility index (Phi) is 10.0. The first-order chi connectivity index (χ1) is 21.9. The Morgan fingerprint density at radius 1 is 0.889 bits per heavy atom. The molecule has 0 amide bonds. The molecule has 0 bridgehead atoms. The standard InChI is InChI=1S/C35H36N2O7S/c1-6-41-28-18-24(14-16-27(28)44-21-23-12-10-9-11-13-23)19-30-33(38)37-32(25-15-17-26(40-5)29(20-25)42-7-2)31(34(39)43-8-3)22(4)36-35(37)45-30/h9-20,32H,6-8,21H2,1-5H3/b30-19-/t32-/m1/s1. The first-order valence-electron chi connectivity index (χ1n) is 14.8. The van der Waals surface area contributed by atoms with E-state index in [0.717, 1.165) is 11.1 Å². The van der Waals surface area contributed by atoms with E-state index >= 15 is 0 Å². The van der Waals surface area contributed by atoms with Crippen LogP contribution in [0.4, 0.5) is 0 Å². The van der Waals surface area contributed by atoms with Crippen molar-refractivity contribution in [3.05, 3.63) is 114 Å². The zero-order valence-electron chi connectivity index (χ0n) is 26.0. The number of benzene rings is 3. The summed E-state index contributed by atoms with van der Waals surface area (Å²) in [5.74, 6) is 1.72. The molecule has 0 saturated carbocycles. The molecule has 3 aromatic carbocycles. The maximum absolute atomic E-state index is 14.1. The number of aromatic nitrogens is 1. The molecule has 45 heavy (non-hydrogen) atoms. The summed E-state index contributed by atoms with van der Waals surface area (Å²) >= 11 is 1.25. The Hall–Kier alpha value is -4.83. The van der Waals surface area contributed by atoms with Gasteiger partial charge in [0, 0.05) is 0 Å². The number of carbonyl (C=O) groups excluding carboxylic acids is 1. The molecule has 0 spiro atoms. The molecule has 9 nitrogen and oxygen atoms in total. The number of allylic oxidation sites excluding steroid dienone is 1. The molecule has 10 heteroatoms. The Morgan fingerprint density at radius 3 is 2.29 bits per heavy atom. The number of methoxy groups -OCH3 is 1. The summed E-state index contributed by atoms with van der Waals surface area (Å²) in [6.45, 7) is 8.74. The molecule has 0 saturated heterocycles. The quantitative estimate of drug-likeness (QED) is 0.200. The van der Waals surface area contributed by atoms with Crippen molar-refractivity contribution >= 4 is 23.4 Å². The molecule has 1 aliphatic heterocycles. The van der Waals surface area contributed by atoms with Crippen molar-refractivity contribution in [2.24, 2.45) is 4.99 Å². The predicted molar refractivity (Wildman–Crippen MR) is 173 cm³/mol. The van der Waals surface area contributed by atoms with Crippen LogP contribution in [0.15, 0.2) is 87.8 Å². The van der Waals surface area contributed by atoms with Gasteiger partial charge in [0.2, 0.25) is 0 Å². The highest BCUT2D eigenvalue weighted by molar-refractivity contribution is 7.07. The monoisotopic (exact) mass is 628 g/mol. The zero-order valence-corrected chi connectivity index (χ0v) is 26.8. The largest absolute Gasteiger partial charge is 0.493 e. The molecule has 1 aliphatic rings. The van der Waals surface area contributed by atoms with Gasteiger partial charge in [-0.2, -0.15) is 0 Å². The van der Waals surface area contributed by atoms with E-state index in [4.69, 9.17) is 23.7 Å². The summed E-state index contributed by atoms with van der Waals surface area (Å²) in [4.78, 5) is 32.5. The lowest BCUT2D eigenvalue weighted by Crippen LogP contribution is -2.40. The second-order valence-electron chi connectivity index (χ2n) is 10.1. The van der Waals surface area contributed by atoms with Gasteiger partial charge < -0.3 is 23.7 Å². The smallest absolute Gasteiger partial charge is 0.338 e. The van der Waals surface area contributed by atoms with E-state index in [2.05, 4.69) is 4.99 Å². The minimum absolute atomic E-state index is 0.187. The molecule has 0 radical (unpaired) electrons. The van der Waals surface area contributed by atoms with Crippen LogP contribution in [0.25, 0.3) is 6.08 Å². The van der Waals surface area contributed by atoms with Gasteiger partial charge in [-0.15, -0.1) is 0 Å². The van der Waals surface area contributed by atoms with Crippen LogP contribution in [0.1, 0.15) is 50.4 Å². The predicted octanol–water partition coefficient (Wildman–Crippen LogP) is 5.18. The van der Waals surface area contributed by atoms with Crippen molar-refractivity contribution in [2.75, 3.05) is 26.9 Å². The number of thiazole rings is 1. The van der Waals surface area contributed by atoms with E-state index < -0.39 is 12.0 Å². The van der Waals surface area contributed by atoms with Crippen molar-refractivity contribution < 1.29 is 28.5 Å². The fourth-order valence-electron chi connectivity index (χ4n) is 5.13.